The number of alkyl halides is 2. The van der Waals surface area contributed by atoms with E-state index in [-0.39, 0.29) is 29.0 Å². The summed E-state index contributed by atoms with van der Waals surface area (Å²) in [5, 5.41) is 0. The van der Waals surface area contributed by atoms with Gasteiger partial charge < -0.3 is 38.2 Å². The average Bonchev–Trinajstić information content (AvgIpc) is 3.26. The summed E-state index contributed by atoms with van der Waals surface area (Å²) in [6.45, 7) is 6.43. The van der Waals surface area contributed by atoms with Crippen LogP contribution in [0, 0.1) is 0 Å². The third-order valence-electron chi connectivity index (χ3n) is 8.09. The lowest BCUT2D eigenvalue weighted by molar-refractivity contribution is 0.0144. The van der Waals surface area contributed by atoms with Gasteiger partial charge in [0, 0.05) is 33.1 Å². The van der Waals surface area contributed by atoms with Crippen LogP contribution in [0.3, 0.4) is 0 Å². The molecule has 0 N–H and O–H groups in total. The Hall–Kier alpha value is -3.64. The lowest BCUT2D eigenvalue weighted by Crippen LogP contribution is -2.34. The summed E-state index contributed by atoms with van der Waals surface area (Å²) in [5.41, 5.74) is -0.0580. The van der Waals surface area contributed by atoms with E-state index in [9.17, 15) is 18.4 Å². The molecule has 248 valence electrons. The van der Waals surface area contributed by atoms with E-state index >= 15 is 0 Å². The van der Waals surface area contributed by atoms with Gasteiger partial charge in [-0.05, 0) is 75.5 Å². The molecule has 3 atom stereocenters. The lowest BCUT2D eigenvalue weighted by Gasteiger charge is -2.25. The number of hydrogen-bond acceptors (Lipinski definition) is 10. The van der Waals surface area contributed by atoms with E-state index in [2.05, 4.69) is 9.80 Å². The molecule has 2 heterocycles. The molecular weight excluding hydrogens is 590 g/mol. The summed E-state index contributed by atoms with van der Waals surface area (Å²) in [6.07, 6.45) is 2.78. The molecule has 0 aromatic heterocycles. The summed E-state index contributed by atoms with van der Waals surface area (Å²) in [7, 11) is 4.27. The number of nitrogens with zero attached hydrogens (tertiary/aromatic N) is 2. The van der Waals surface area contributed by atoms with Gasteiger partial charge in [0.05, 0.1) is 51.2 Å². The number of hydrogen-bond donors (Lipinski definition) is 0. The predicted octanol–water partition coefficient (Wildman–Crippen LogP) is 5.17. The number of methoxy groups -OCH3 is 3. The van der Waals surface area contributed by atoms with Crippen molar-refractivity contribution in [3.05, 3.63) is 47.0 Å². The van der Waals surface area contributed by atoms with Gasteiger partial charge in [-0.1, -0.05) is 0 Å². The van der Waals surface area contributed by atoms with Crippen LogP contribution in [0.25, 0.3) is 0 Å². The molecule has 2 aliphatic rings. The lowest BCUT2D eigenvalue weighted by atomic mass is 10.0. The summed E-state index contributed by atoms with van der Waals surface area (Å²) < 4.78 is 62.1. The van der Waals surface area contributed by atoms with Crippen molar-refractivity contribution in [1.29, 1.82) is 0 Å². The Balaban J connectivity index is 1.54. The van der Waals surface area contributed by atoms with E-state index in [0.29, 0.717) is 49.5 Å². The zero-order valence-corrected chi connectivity index (χ0v) is 26.6. The van der Waals surface area contributed by atoms with Crippen molar-refractivity contribution in [2.45, 2.75) is 51.1 Å². The number of ether oxygens (including phenoxy) is 6. The van der Waals surface area contributed by atoms with E-state index in [0.717, 1.165) is 58.7 Å². The van der Waals surface area contributed by atoms with E-state index in [1.54, 1.807) is 12.1 Å². The molecule has 0 saturated carbocycles. The van der Waals surface area contributed by atoms with Crippen molar-refractivity contribution in [2.24, 2.45) is 0 Å². The molecule has 4 rings (SSSR count). The number of carbonyl (C=O) groups excluding carboxylic acids is 2. The maximum Gasteiger partial charge on any atom is 0.338 e. The number of esters is 2. The number of cyclic esters (lactones) is 1. The molecular formula is C33H44F2N2O8. The third kappa shape index (κ3) is 9.43. The predicted molar refractivity (Wildman–Crippen MR) is 163 cm³/mol. The highest BCUT2D eigenvalue weighted by atomic mass is 19.3. The Bertz CT molecular complexity index is 1300. The summed E-state index contributed by atoms with van der Waals surface area (Å²) in [4.78, 5) is 30.8. The Morgan fingerprint density at radius 3 is 2.20 bits per heavy atom. The van der Waals surface area contributed by atoms with Crippen LogP contribution in [-0.4, -0.2) is 102 Å². The zero-order chi connectivity index (χ0) is 32.4. The molecule has 0 amide bonds. The number of carbonyl (C=O) groups is 2. The van der Waals surface area contributed by atoms with Crippen molar-refractivity contribution in [3.63, 3.8) is 0 Å². The number of benzene rings is 2. The van der Waals surface area contributed by atoms with Crippen molar-refractivity contribution in [2.75, 3.05) is 73.8 Å². The maximum atomic E-state index is 14.3. The minimum Gasteiger partial charge on any atom is -0.496 e. The molecule has 1 saturated heterocycles. The summed E-state index contributed by atoms with van der Waals surface area (Å²) in [6, 6.07) is 7.06. The Labute approximate surface area is 263 Å². The normalized spacial score (nSPS) is 22.0. The largest absolute Gasteiger partial charge is 0.496 e. The molecule has 4 bridgehead atoms. The molecule has 45 heavy (non-hydrogen) atoms. The summed E-state index contributed by atoms with van der Waals surface area (Å²) >= 11 is 0. The summed E-state index contributed by atoms with van der Waals surface area (Å²) in [5.74, 6) is -3.33. The first-order chi connectivity index (χ1) is 21.6. The topological polar surface area (TPSA) is 96.0 Å². The van der Waals surface area contributed by atoms with E-state index in [1.165, 1.54) is 33.5 Å². The molecule has 2 aromatic rings. The van der Waals surface area contributed by atoms with Crippen LogP contribution in [0.4, 0.5) is 8.78 Å². The molecule has 1 fully saturated rings. The number of rotatable bonds is 6. The second-order valence-electron chi connectivity index (χ2n) is 11.3. The standard InChI is InChI=1S/C33H44F2N2O8/c1-33(34,35)26-20-23(9-10-27(26)40-2)32(39)45-25-8-5-18-43-29-22-24(21-28(41-3)30(29)42-4)31(38)44-19-7-14-36-12-6-13-37(15-11-25)17-16-36/h9-10,20-22,25H,5-8,11-19H2,1-4H3. The molecule has 3 unspecified atom stereocenters. The molecule has 0 radical (unpaired) electrons. The van der Waals surface area contributed by atoms with Crippen molar-refractivity contribution >= 4 is 11.9 Å². The highest BCUT2D eigenvalue weighted by Gasteiger charge is 2.30. The monoisotopic (exact) mass is 634 g/mol. The SMILES string of the molecule is COc1ccc(C(=O)OC2CCCOc3cc(cc(OC)c3OC)C(=O)OCCCN3CCCN(CC2)CC3)cc1C(C)(F)F. The van der Waals surface area contributed by atoms with Crippen molar-refractivity contribution < 1.29 is 46.8 Å². The number of fused-ring (bicyclic) bond motifs is 5. The third-order valence-corrected chi connectivity index (χ3v) is 8.09. The van der Waals surface area contributed by atoms with Gasteiger partial charge in [0.1, 0.15) is 11.9 Å². The highest BCUT2D eigenvalue weighted by molar-refractivity contribution is 5.91. The average molecular weight is 635 g/mol. The first-order valence-electron chi connectivity index (χ1n) is 15.4. The van der Waals surface area contributed by atoms with Crippen LogP contribution in [0.15, 0.2) is 30.3 Å². The first kappa shape index (κ1) is 34.2. The highest BCUT2D eigenvalue weighted by Crippen LogP contribution is 2.39. The van der Waals surface area contributed by atoms with Gasteiger partial charge in [-0.3, -0.25) is 0 Å². The fourth-order valence-electron chi connectivity index (χ4n) is 5.64. The van der Waals surface area contributed by atoms with Crippen LogP contribution >= 0.6 is 0 Å². The smallest absolute Gasteiger partial charge is 0.338 e. The molecule has 10 nitrogen and oxygen atoms in total. The molecule has 2 aliphatic heterocycles. The molecule has 0 spiro atoms. The molecule has 0 aliphatic carbocycles. The fourth-order valence-corrected chi connectivity index (χ4v) is 5.64. The van der Waals surface area contributed by atoms with E-state index in [1.807, 2.05) is 0 Å². The zero-order valence-electron chi connectivity index (χ0n) is 26.6. The second kappa shape index (κ2) is 16.1. The first-order valence-corrected chi connectivity index (χ1v) is 15.4. The van der Waals surface area contributed by atoms with Crippen LogP contribution < -0.4 is 18.9 Å². The van der Waals surface area contributed by atoms with Crippen LogP contribution in [0.2, 0.25) is 0 Å². The van der Waals surface area contributed by atoms with E-state index < -0.39 is 24.0 Å². The van der Waals surface area contributed by atoms with Gasteiger partial charge >= 0.3 is 11.9 Å². The van der Waals surface area contributed by atoms with Gasteiger partial charge in [0.2, 0.25) is 5.75 Å². The minimum atomic E-state index is -3.20. The second-order valence-corrected chi connectivity index (χ2v) is 11.3. The van der Waals surface area contributed by atoms with Gasteiger partial charge in [0.15, 0.2) is 11.5 Å². The Morgan fingerprint density at radius 1 is 0.822 bits per heavy atom. The fraction of sp³-hybridized carbons (Fsp3) is 0.576. The maximum absolute atomic E-state index is 14.3. The van der Waals surface area contributed by atoms with Crippen molar-refractivity contribution in [3.8, 4) is 23.0 Å². The van der Waals surface area contributed by atoms with Gasteiger partial charge in [-0.2, -0.15) is 0 Å². The van der Waals surface area contributed by atoms with Crippen LogP contribution in [0.5, 0.6) is 23.0 Å². The molecule has 2 aromatic carbocycles. The van der Waals surface area contributed by atoms with Gasteiger partial charge in [0.25, 0.3) is 5.92 Å². The van der Waals surface area contributed by atoms with E-state index in [4.69, 9.17) is 28.4 Å². The van der Waals surface area contributed by atoms with Crippen molar-refractivity contribution in [1.82, 2.24) is 9.80 Å². The number of halogens is 2. The van der Waals surface area contributed by atoms with Crippen LogP contribution in [-0.2, 0) is 15.4 Å². The minimum absolute atomic E-state index is 0.00251. The quantitative estimate of drug-likeness (QED) is 0.396. The van der Waals surface area contributed by atoms with Crippen LogP contribution in [0.1, 0.15) is 65.3 Å². The Kier molecular flexibility index (Phi) is 12.2. The molecule has 12 heteroatoms. The van der Waals surface area contributed by atoms with Gasteiger partial charge in [-0.15, -0.1) is 0 Å². The Morgan fingerprint density at radius 2 is 1.51 bits per heavy atom. The van der Waals surface area contributed by atoms with Gasteiger partial charge in [-0.25, -0.2) is 18.4 Å².